The monoisotopic (exact) mass is 336 g/mol. The highest BCUT2D eigenvalue weighted by molar-refractivity contribution is 9.10. The van der Waals surface area contributed by atoms with Crippen LogP contribution in [-0.4, -0.2) is 18.8 Å². The number of methoxy groups -OCH3 is 1. The van der Waals surface area contributed by atoms with Crippen molar-refractivity contribution in [1.82, 2.24) is 0 Å². The normalized spacial score (nSPS) is 10.3. The van der Waals surface area contributed by atoms with Crippen LogP contribution >= 0.6 is 15.9 Å². The first kappa shape index (κ1) is 14.9. The molecule has 0 saturated heterocycles. The van der Waals surface area contributed by atoms with Gasteiger partial charge < -0.3 is 14.6 Å². The predicted octanol–water partition coefficient (Wildman–Crippen LogP) is 3.57. The van der Waals surface area contributed by atoms with Crippen LogP contribution in [-0.2, 0) is 13.0 Å². The van der Waals surface area contributed by atoms with Gasteiger partial charge in [0.15, 0.2) is 11.5 Å². The van der Waals surface area contributed by atoms with Crippen molar-refractivity contribution in [3.05, 3.63) is 58.1 Å². The standard InChI is InChI=1S/C16H17BrO3/c1-19-15-10-14(17)13(7-8-18)9-16(15)20-11-12-5-3-2-4-6-12/h2-6,9-10,18H,7-8,11H2,1H3. The van der Waals surface area contributed by atoms with Crippen molar-refractivity contribution in [3.8, 4) is 11.5 Å². The number of halogens is 1. The maximum absolute atomic E-state index is 9.08. The Morgan fingerprint density at radius 1 is 1.10 bits per heavy atom. The molecule has 0 unspecified atom stereocenters. The highest BCUT2D eigenvalue weighted by Gasteiger charge is 2.10. The number of aliphatic hydroxyl groups is 1. The maximum atomic E-state index is 9.08. The van der Waals surface area contributed by atoms with Gasteiger partial charge in [-0.1, -0.05) is 46.3 Å². The van der Waals surface area contributed by atoms with Crippen LogP contribution in [0.2, 0.25) is 0 Å². The summed E-state index contributed by atoms with van der Waals surface area (Å²) in [5.41, 5.74) is 2.09. The quantitative estimate of drug-likeness (QED) is 0.876. The molecule has 0 aliphatic rings. The molecular formula is C16H17BrO3. The molecule has 1 N–H and O–H groups in total. The number of benzene rings is 2. The Balaban J connectivity index is 2.18. The number of hydrogen-bond acceptors (Lipinski definition) is 3. The van der Waals surface area contributed by atoms with Gasteiger partial charge in [-0.05, 0) is 29.7 Å². The smallest absolute Gasteiger partial charge is 0.162 e. The van der Waals surface area contributed by atoms with E-state index >= 15 is 0 Å². The van der Waals surface area contributed by atoms with E-state index in [1.165, 1.54) is 0 Å². The lowest BCUT2D eigenvalue weighted by atomic mass is 10.1. The van der Waals surface area contributed by atoms with Crippen molar-refractivity contribution >= 4 is 15.9 Å². The summed E-state index contributed by atoms with van der Waals surface area (Å²) in [6.07, 6.45) is 0.576. The van der Waals surface area contributed by atoms with Crippen molar-refractivity contribution in [1.29, 1.82) is 0 Å². The van der Waals surface area contributed by atoms with E-state index in [-0.39, 0.29) is 6.61 Å². The van der Waals surface area contributed by atoms with Gasteiger partial charge in [-0.15, -0.1) is 0 Å². The summed E-state index contributed by atoms with van der Waals surface area (Å²) in [7, 11) is 1.61. The molecule has 0 saturated carbocycles. The SMILES string of the molecule is COc1cc(Br)c(CCO)cc1OCc1ccccc1. The lowest BCUT2D eigenvalue weighted by molar-refractivity contribution is 0.282. The molecule has 0 spiro atoms. The van der Waals surface area contributed by atoms with Crippen molar-refractivity contribution in [2.75, 3.05) is 13.7 Å². The maximum Gasteiger partial charge on any atom is 0.162 e. The summed E-state index contributed by atoms with van der Waals surface area (Å²) in [4.78, 5) is 0. The molecule has 0 aliphatic carbocycles. The van der Waals surface area contributed by atoms with Crippen LogP contribution < -0.4 is 9.47 Å². The molecule has 0 bridgehead atoms. The number of ether oxygens (including phenoxy) is 2. The van der Waals surface area contributed by atoms with Crippen molar-refractivity contribution in [2.45, 2.75) is 13.0 Å². The molecule has 20 heavy (non-hydrogen) atoms. The highest BCUT2D eigenvalue weighted by Crippen LogP contribution is 2.34. The molecule has 0 atom stereocenters. The Morgan fingerprint density at radius 2 is 1.85 bits per heavy atom. The summed E-state index contributed by atoms with van der Waals surface area (Å²) >= 11 is 3.47. The minimum absolute atomic E-state index is 0.100. The molecule has 0 amide bonds. The van der Waals surface area contributed by atoms with Crippen LogP contribution in [0.4, 0.5) is 0 Å². The Kier molecular flexibility index (Phi) is 5.44. The molecule has 0 radical (unpaired) electrons. The molecule has 4 heteroatoms. The topological polar surface area (TPSA) is 38.7 Å². The summed E-state index contributed by atoms with van der Waals surface area (Å²) < 4.78 is 12.1. The fraction of sp³-hybridized carbons (Fsp3) is 0.250. The van der Waals surface area contributed by atoms with E-state index in [9.17, 15) is 0 Å². The van der Waals surface area contributed by atoms with Gasteiger partial charge in [-0.3, -0.25) is 0 Å². The van der Waals surface area contributed by atoms with Crippen LogP contribution in [0.15, 0.2) is 46.9 Å². The molecule has 0 fully saturated rings. The van der Waals surface area contributed by atoms with Gasteiger partial charge in [0.05, 0.1) is 7.11 Å². The first-order chi connectivity index (χ1) is 9.74. The fourth-order valence-electron chi connectivity index (χ4n) is 1.90. The second-order valence-electron chi connectivity index (χ2n) is 4.34. The second kappa shape index (κ2) is 7.31. The van der Waals surface area contributed by atoms with Crippen molar-refractivity contribution < 1.29 is 14.6 Å². The number of hydrogen-bond donors (Lipinski definition) is 1. The van der Waals surface area contributed by atoms with E-state index in [2.05, 4.69) is 15.9 Å². The van der Waals surface area contributed by atoms with Crippen LogP contribution in [0, 0.1) is 0 Å². The Morgan fingerprint density at radius 3 is 2.50 bits per heavy atom. The van der Waals surface area contributed by atoms with Crippen molar-refractivity contribution in [3.63, 3.8) is 0 Å². The minimum atomic E-state index is 0.100. The van der Waals surface area contributed by atoms with Gasteiger partial charge in [0.2, 0.25) is 0 Å². The Hall–Kier alpha value is -1.52. The van der Waals surface area contributed by atoms with Gasteiger partial charge in [-0.2, -0.15) is 0 Å². The van der Waals surface area contributed by atoms with Crippen LogP contribution in [0.5, 0.6) is 11.5 Å². The molecule has 2 aromatic rings. The molecule has 3 nitrogen and oxygen atoms in total. The van der Waals surface area contributed by atoms with Crippen molar-refractivity contribution in [2.24, 2.45) is 0 Å². The largest absolute Gasteiger partial charge is 0.493 e. The van der Waals surface area contributed by atoms with Crippen LogP contribution in [0.1, 0.15) is 11.1 Å². The molecular weight excluding hydrogens is 320 g/mol. The lowest BCUT2D eigenvalue weighted by Gasteiger charge is -2.13. The van der Waals surface area contributed by atoms with Crippen LogP contribution in [0.25, 0.3) is 0 Å². The summed E-state index contributed by atoms with van der Waals surface area (Å²) in [6, 6.07) is 13.7. The third kappa shape index (κ3) is 3.74. The molecule has 0 heterocycles. The molecule has 0 aromatic heterocycles. The third-order valence-corrected chi connectivity index (χ3v) is 3.69. The zero-order chi connectivity index (χ0) is 14.4. The Bertz CT molecular complexity index is 555. The van der Waals surface area contributed by atoms with E-state index in [1.807, 2.05) is 42.5 Å². The lowest BCUT2D eigenvalue weighted by Crippen LogP contribution is -2.00. The zero-order valence-corrected chi connectivity index (χ0v) is 12.9. The summed E-state index contributed by atoms with van der Waals surface area (Å²) in [6.45, 7) is 0.584. The average molecular weight is 337 g/mol. The number of aliphatic hydroxyl groups excluding tert-OH is 1. The highest BCUT2D eigenvalue weighted by atomic mass is 79.9. The first-order valence-electron chi connectivity index (χ1n) is 6.38. The van der Waals surface area contributed by atoms with Gasteiger partial charge >= 0.3 is 0 Å². The van der Waals surface area contributed by atoms with E-state index in [1.54, 1.807) is 7.11 Å². The Labute approximate surface area is 127 Å². The van der Waals surface area contributed by atoms with Gasteiger partial charge in [0.25, 0.3) is 0 Å². The fourth-order valence-corrected chi connectivity index (χ4v) is 2.42. The molecule has 2 rings (SSSR count). The average Bonchev–Trinajstić information content (AvgIpc) is 2.48. The second-order valence-corrected chi connectivity index (χ2v) is 5.20. The number of rotatable bonds is 6. The van der Waals surface area contributed by atoms with Gasteiger partial charge in [0, 0.05) is 11.1 Å². The molecule has 0 aliphatic heterocycles. The van der Waals surface area contributed by atoms with Gasteiger partial charge in [-0.25, -0.2) is 0 Å². The van der Waals surface area contributed by atoms with E-state index in [4.69, 9.17) is 14.6 Å². The summed E-state index contributed by atoms with van der Waals surface area (Å²) in [5, 5.41) is 9.08. The minimum Gasteiger partial charge on any atom is -0.493 e. The zero-order valence-electron chi connectivity index (χ0n) is 11.3. The van der Waals surface area contributed by atoms with Gasteiger partial charge in [0.1, 0.15) is 6.61 Å². The van der Waals surface area contributed by atoms with E-state index < -0.39 is 0 Å². The molecule has 106 valence electrons. The van der Waals surface area contributed by atoms with Crippen LogP contribution in [0.3, 0.4) is 0 Å². The predicted molar refractivity (Wildman–Crippen MR) is 82.3 cm³/mol. The van der Waals surface area contributed by atoms with E-state index in [0.717, 1.165) is 15.6 Å². The first-order valence-corrected chi connectivity index (χ1v) is 7.18. The summed E-state index contributed by atoms with van der Waals surface area (Å²) in [5.74, 6) is 1.36. The molecule has 2 aromatic carbocycles. The third-order valence-electron chi connectivity index (χ3n) is 2.95. The van der Waals surface area contributed by atoms with E-state index in [0.29, 0.717) is 24.5 Å².